The molecule has 0 aromatic heterocycles. The Bertz CT molecular complexity index is 218. The molecule has 4 atom stereocenters. The zero-order valence-corrected chi connectivity index (χ0v) is 10.7. The smallest absolute Gasteiger partial charge is 0.0164 e. The summed E-state index contributed by atoms with van der Waals surface area (Å²) in [6.07, 6.45) is 5.58. The van der Waals surface area contributed by atoms with Crippen LogP contribution in [0.25, 0.3) is 0 Å². The van der Waals surface area contributed by atoms with Crippen LogP contribution in [-0.2, 0) is 0 Å². The van der Waals surface area contributed by atoms with Gasteiger partial charge in [0.15, 0.2) is 0 Å². The summed E-state index contributed by atoms with van der Waals surface area (Å²) >= 11 is 0. The first kappa shape index (κ1) is 12.3. The molecule has 0 aromatic rings. The van der Waals surface area contributed by atoms with E-state index in [0.717, 1.165) is 5.92 Å². The molecule has 2 heteroatoms. The summed E-state index contributed by atoms with van der Waals surface area (Å²) in [5, 5.41) is 3.80. The van der Waals surface area contributed by atoms with Gasteiger partial charge in [-0.2, -0.15) is 0 Å². The molecule has 1 saturated heterocycles. The predicted molar refractivity (Wildman–Crippen MR) is 64.0 cm³/mol. The molecule has 1 heterocycles. The van der Waals surface area contributed by atoms with Gasteiger partial charge in [-0.25, -0.2) is 0 Å². The lowest BCUT2D eigenvalue weighted by Gasteiger charge is -2.39. The highest BCUT2D eigenvalue weighted by Gasteiger charge is 2.52. The summed E-state index contributed by atoms with van der Waals surface area (Å²) in [6, 6.07) is 0.717. The van der Waals surface area contributed by atoms with Gasteiger partial charge >= 0.3 is 0 Å². The summed E-state index contributed by atoms with van der Waals surface area (Å²) in [5.41, 5.74) is 1.03. The Balaban J connectivity index is 0.000000980. The van der Waals surface area contributed by atoms with E-state index < -0.39 is 0 Å². The van der Waals surface area contributed by atoms with Gasteiger partial charge in [0.1, 0.15) is 0 Å². The summed E-state index contributed by atoms with van der Waals surface area (Å²) in [7, 11) is 0. The highest BCUT2D eigenvalue weighted by molar-refractivity contribution is 5.85. The Kier molecular flexibility index (Phi) is 3.24. The van der Waals surface area contributed by atoms with Crippen molar-refractivity contribution in [1.82, 2.24) is 5.32 Å². The van der Waals surface area contributed by atoms with Crippen LogP contribution >= 0.6 is 12.4 Å². The third kappa shape index (κ3) is 1.81. The van der Waals surface area contributed by atoms with Crippen molar-refractivity contribution in [3.05, 3.63) is 0 Å². The van der Waals surface area contributed by atoms with E-state index in [1.165, 1.54) is 25.7 Å². The number of halogens is 1. The van der Waals surface area contributed by atoms with E-state index in [-0.39, 0.29) is 12.4 Å². The molecule has 14 heavy (non-hydrogen) atoms. The zero-order valence-electron chi connectivity index (χ0n) is 9.89. The minimum absolute atomic E-state index is 0. The van der Waals surface area contributed by atoms with Crippen LogP contribution in [0.4, 0.5) is 0 Å². The molecule has 2 bridgehead atoms. The molecule has 0 aromatic carbocycles. The van der Waals surface area contributed by atoms with E-state index in [4.69, 9.17) is 0 Å². The second-order valence-electron chi connectivity index (χ2n) is 5.94. The highest BCUT2D eigenvalue weighted by Crippen LogP contribution is 2.52. The van der Waals surface area contributed by atoms with Crippen molar-refractivity contribution in [2.24, 2.45) is 11.3 Å². The fourth-order valence-electron chi connectivity index (χ4n) is 3.83. The lowest BCUT2D eigenvalue weighted by atomic mass is 9.65. The van der Waals surface area contributed by atoms with Crippen LogP contribution in [-0.4, -0.2) is 11.6 Å². The quantitative estimate of drug-likeness (QED) is 0.710. The van der Waals surface area contributed by atoms with Crippen LogP contribution in [0.3, 0.4) is 0 Å². The highest BCUT2D eigenvalue weighted by atomic mass is 35.5. The summed E-state index contributed by atoms with van der Waals surface area (Å²) in [6.45, 7) is 9.59. The Morgan fingerprint density at radius 3 is 2.43 bits per heavy atom. The molecule has 2 aliphatic rings. The summed E-state index contributed by atoms with van der Waals surface area (Å²) in [5.74, 6) is 0.959. The Morgan fingerprint density at radius 2 is 1.93 bits per heavy atom. The van der Waals surface area contributed by atoms with Crippen molar-refractivity contribution >= 4 is 12.4 Å². The van der Waals surface area contributed by atoms with Gasteiger partial charge in [0.25, 0.3) is 0 Å². The number of hydrogen-bond donors (Lipinski definition) is 1. The van der Waals surface area contributed by atoms with Gasteiger partial charge in [-0.3, -0.25) is 0 Å². The maximum Gasteiger partial charge on any atom is 0.0164 e. The lowest BCUT2D eigenvalue weighted by molar-refractivity contribution is 0.147. The first-order valence-corrected chi connectivity index (χ1v) is 5.75. The minimum Gasteiger partial charge on any atom is -0.308 e. The maximum atomic E-state index is 3.80. The van der Waals surface area contributed by atoms with Crippen molar-refractivity contribution < 1.29 is 0 Å². The van der Waals surface area contributed by atoms with Gasteiger partial charge < -0.3 is 5.32 Å². The van der Waals surface area contributed by atoms with Gasteiger partial charge in [0, 0.05) is 11.6 Å². The molecule has 1 aliphatic heterocycles. The first-order chi connectivity index (χ1) is 5.97. The molecule has 84 valence electrons. The molecule has 1 aliphatic carbocycles. The van der Waals surface area contributed by atoms with Crippen LogP contribution in [0.1, 0.15) is 53.4 Å². The van der Waals surface area contributed by atoms with Crippen molar-refractivity contribution in [3.8, 4) is 0 Å². The van der Waals surface area contributed by atoms with Crippen LogP contribution < -0.4 is 5.32 Å². The molecule has 1 N–H and O–H groups in total. The van der Waals surface area contributed by atoms with Gasteiger partial charge in [0.05, 0.1) is 0 Å². The molecule has 1 saturated carbocycles. The Morgan fingerprint density at radius 1 is 1.29 bits per heavy atom. The topological polar surface area (TPSA) is 12.0 Å². The maximum absolute atomic E-state index is 3.80. The Hall–Kier alpha value is 0.250. The van der Waals surface area contributed by atoms with Gasteiger partial charge in [-0.1, -0.05) is 20.3 Å². The van der Waals surface area contributed by atoms with E-state index in [1.54, 1.807) is 0 Å². The lowest BCUT2D eigenvalue weighted by Crippen LogP contribution is -2.40. The second kappa shape index (κ2) is 3.68. The van der Waals surface area contributed by atoms with Crippen LogP contribution in [0.2, 0.25) is 0 Å². The van der Waals surface area contributed by atoms with Crippen LogP contribution in [0.15, 0.2) is 0 Å². The SMILES string of the molecule is CCC1CC2(C)CC(C)(C1)C(C)N2.Cl. The van der Waals surface area contributed by atoms with Crippen molar-refractivity contribution in [3.63, 3.8) is 0 Å². The van der Waals surface area contributed by atoms with E-state index in [9.17, 15) is 0 Å². The number of hydrogen-bond acceptors (Lipinski definition) is 1. The minimum atomic E-state index is 0. The van der Waals surface area contributed by atoms with Gasteiger partial charge in [0.2, 0.25) is 0 Å². The van der Waals surface area contributed by atoms with Crippen molar-refractivity contribution in [2.75, 3.05) is 0 Å². The predicted octanol–water partition coefficient (Wildman–Crippen LogP) is 3.38. The van der Waals surface area contributed by atoms with E-state index >= 15 is 0 Å². The molecule has 1 nitrogen and oxygen atoms in total. The molecular formula is C12H24ClN. The van der Waals surface area contributed by atoms with E-state index in [2.05, 4.69) is 33.0 Å². The standard InChI is InChI=1S/C12H23N.ClH/c1-5-10-6-11(3)8-12(4,7-10)13-9(11)2;/h9-10,13H,5-8H2,1-4H3;1H. The van der Waals surface area contributed by atoms with E-state index in [1.807, 2.05) is 0 Å². The average molecular weight is 218 g/mol. The molecule has 4 unspecified atom stereocenters. The van der Waals surface area contributed by atoms with E-state index in [0.29, 0.717) is 17.0 Å². The molecule has 0 spiro atoms. The monoisotopic (exact) mass is 217 g/mol. The summed E-state index contributed by atoms with van der Waals surface area (Å²) in [4.78, 5) is 0. The van der Waals surface area contributed by atoms with Crippen LogP contribution in [0.5, 0.6) is 0 Å². The third-order valence-corrected chi connectivity index (χ3v) is 4.48. The molecular weight excluding hydrogens is 194 g/mol. The normalized spacial score (nSPS) is 51.4. The second-order valence-corrected chi connectivity index (χ2v) is 5.94. The summed E-state index contributed by atoms with van der Waals surface area (Å²) < 4.78 is 0. The average Bonchev–Trinajstić information content (AvgIpc) is 2.16. The number of fused-ring (bicyclic) bond motifs is 2. The third-order valence-electron chi connectivity index (χ3n) is 4.48. The van der Waals surface area contributed by atoms with Crippen LogP contribution in [0, 0.1) is 11.3 Å². The number of rotatable bonds is 1. The van der Waals surface area contributed by atoms with Crippen molar-refractivity contribution in [1.29, 1.82) is 0 Å². The molecule has 2 fully saturated rings. The molecule has 0 radical (unpaired) electrons. The van der Waals surface area contributed by atoms with Crippen molar-refractivity contribution in [2.45, 2.75) is 65.0 Å². The Labute approximate surface area is 94.4 Å². The molecule has 2 rings (SSSR count). The fraction of sp³-hybridized carbons (Fsp3) is 1.00. The zero-order chi connectivity index (χ0) is 9.69. The first-order valence-electron chi connectivity index (χ1n) is 5.75. The van der Waals surface area contributed by atoms with Gasteiger partial charge in [-0.15, -0.1) is 12.4 Å². The largest absolute Gasteiger partial charge is 0.308 e. The number of nitrogens with one attached hydrogen (secondary N) is 1. The van der Waals surface area contributed by atoms with Gasteiger partial charge in [-0.05, 0) is 44.4 Å². The fourth-order valence-corrected chi connectivity index (χ4v) is 3.83. The molecule has 0 amide bonds.